The zero-order valence-corrected chi connectivity index (χ0v) is 19.7. The van der Waals surface area contributed by atoms with Crippen molar-refractivity contribution in [2.24, 2.45) is 0 Å². The highest BCUT2D eigenvalue weighted by Crippen LogP contribution is 2.43. The number of benzene rings is 2. The number of amides is 1. The van der Waals surface area contributed by atoms with Crippen LogP contribution in [0.3, 0.4) is 0 Å². The molecule has 2 aromatic carbocycles. The fourth-order valence-corrected chi connectivity index (χ4v) is 4.35. The lowest BCUT2D eigenvalue weighted by molar-refractivity contribution is -0.140. The molecular formula is C26H23ClN2O5. The van der Waals surface area contributed by atoms with E-state index in [1.807, 2.05) is 31.2 Å². The Labute approximate surface area is 202 Å². The van der Waals surface area contributed by atoms with Crippen molar-refractivity contribution in [3.8, 4) is 11.5 Å². The van der Waals surface area contributed by atoms with Gasteiger partial charge in [0, 0.05) is 25.0 Å². The molecule has 0 saturated carbocycles. The number of ether oxygens (including phenoxy) is 2. The summed E-state index contributed by atoms with van der Waals surface area (Å²) in [5.41, 5.74) is 2.61. The van der Waals surface area contributed by atoms with Crippen LogP contribution in [-0.4, -0.2) is 40.9 Å². The number of hydrogen-bond acceptors (Lipinski definition) is 6. The molecule has 0 spiro atoms. The molecule has 174 valence electrons. The van der Waals surface area contributed by atoms with Crippen LogP contribution in [0, 0.1) is 6.92 Å². The first kappa shape index (κ1) is 23.3. The van der Waals surface area contributed by atoms with Crippen LogP contribution >= 0.6 is 11.6 Å². The maximum absolute atomic E-state index is 13.3. The van der Waals surface area contributed by atoms with Crippen LogP contribution in [0.1, 0.15) is 28.3 Å². The molecule has 3 aromatic rings. The van der Waals surface area contributed by atoms with Crippen LogP contribution in [0.4, 0.5) is 0 Å². The minimum absolute atomic E-state index is 0.0378. The second-order valence-electron chi connectivity index (χ2n) is 7.88. The molecular weight excluding hydrogens is 456 g/mol. The smallest absolute Gasteiger partial charge is 0.295 e. The van der Waals surface area contributed by atoms with E-state index in [1.165, 1.54) is 31.3 Å². The lowest BCUT2D eigenvalue weighted by atomic mass is 9.94. The number of aliphatic hydroxyl groups excluding tert-OH is 1. The van der Waals surface area contributed by atoms with Gasteiger partial charge in [0.2, 0.25) is 0 Å². The van der Waals surface area contributed by atoms with Crippen molar-refractivity contribution < 1.29 is 24.2 Å². The maximum Gasteiger partial charge on any atom is 0.295 e. The second-order valence-corrected chi connectivity index (χ2v) is 8.29. The summed E-state index contributed by atoms with van der Waals surface area (Å²) < 4.78 is 10.6. The number of carbonyl (C=O) groups excluding carboxylic acids is 2. The zero-order chi connectivity index (χ0) is 24.4. The Morgan fingerprint density at radius 3 is 2.41 bits per heavy atom. The molecule has 7 nitrogen and oxygen atoms in total. The van der Waals surface area contributed by atoms with E-state index in [1.54, 1.807) is 24.5 Å². The van der Waals surface area contributed by atoms with Crippen molar-refractivity contribution in [1.29, 1.82) is 0 Å². The number of Topliss-reactive ketones (excluding diaryl/α,β-unsaturated/α-hetero) is 1. The van der Waals surface area contributed by atoms with Gasteiger partial charge in [-0.15, -0.1) is 0 Å². The Balaban J connectivity index is 1.92. The van der Waals surface area contributed by atoms with Crippen molar-refractivity contribution in [1.82, 2.24) is 9.88 Å². The normalized spacial score (nSPS) is 17.2. The number of ketones is 1. The number of methoxy groups -OCH3 is 2. The first-order valence-electron chi connectivity index (χ1n) is 10.5. The van der Waals surface area contributed by atoms with Gasteiger partial charge in [0.25, 0.3) is 11.7 Å². The molecule has 1 atom stereocenters. The van der Waals surface area contributed by atoms with Crippen molar-refractivity contribution in [3.05, 3.63) is 93.8 Å². The summed E-state index contributed by atoms with van der Waals surface area (Å²) in [6.07, 6.45) is 3.25. The van der Waals surface area contributed by atoms with E-state index in [9.17, 15) is 14.7 Å². The van der Waals surface area contributed by atoms with Crippen LogP contribution in [0.2, 0.25) is 5.02 Å². The molecule has 1 aromatic heterocycles. The van der Waals surface area contributed by atoms with Gasteiger partial charge in [-0.2, -0.15) is 0 Å². The minimum Gasteiger partial charge on any atom is -0.507 e. The molecule has 1 amide bonds. The molecule has 0 aliphatic carbocycles. The minimum atomic E-state index is -0.807. The highest BCUT2D eigenvalue weighted by atomic mass is 35.5. The predicted octanol–water partition coefficient (Wildman–Crippen LogP) is 4.68. The van der Waals surface area contributed by atoms with Crippen LogP contribution in [0.5, 0.6) is 11.5 Å². The van der Waals surface area contributed by atoms with E-state index in [4.69, 9.17) is 21.1 Å². The number of aromatic nitrogens is 1. The summed E-state index contributed by atoms with van der Waals surface area (Å²) in [7, 11) is 2.89. The van der Waals surface area contributed by atoms with Gasteiger partial charge in [0.1, 0.15) is 17.3 Å². The number of nitrogens with zero attached hydrogens (tertiary/aromatic N) is 2. The van der Waals surface area contributed by atoms with Gasteiger partial charge in [-0.25, -0.2) is 0 Å². The highest BCUT2D eigenvalue weighted by Gasteiger charge is 2.46. The fourth-order valence-electron chi connectivity index (χ4n) is 4.10. The molecule has 1 aliphatic rings. The Morgan fingerprint density at radius 1 is 1.06 bits per heavy atom. The Bertz CT molecular complexity index is 1290. The number of hydrogen-bond donors (Lipinski definition) is 1. The number of carbonyl (C=O) groups is 2. The van der Waals surface area contributed by atoms with Gasteiger partial charge in [0.15, 0.2) is 0 Å². The Kier molecular flexibility index (Phi) is 6.56. The monoisotopic (exact) mass is 478 g/mol. The van der Waals surface area contributed by atoms with E-state index < -0.39 is 17.7 Å². The Morgan fingerprint density at radius 2 is 1.76 bits per heavy atom. The van der Waals surface area contributed by atoms with Gasteiger partial charge >= 0.3 is 0 Å². The van der Waals surface area contributed by atoms with Crippen molar-refractivity contribution >= 4 is 29.1 Å². The van der Waals surface area contributed by atoms with Crippen molar-refractivity contribution in [2.45, 2.75) is 19.5 Å². The lowest BCUT2D eigenvalue weighted by Gasteiger charge is -2.26. The summed E-state index contributed by atoms with van der Waals surface area (Å²) >= 11 is 6.30. The number of likely N-dealkylation sites (tertiary alicyclic amines) is 1. The van der Waals surface area contributed by atoms with Crippen LogP contribution in [-0.2, 0) is 16.1 Å². The lowest BCUT2D eigenvalue weighted by Crippen LogP contribution is -2.29. The van der Waals surface area contributed by atoms with Crippen LogP contribution in [0.25, 0.3) is 5.76 Å². The molecule has 0 radical (unpaired) electrons. The molecule has 4 rings (SSSR count). The summed E-state index contributed by atoms with van der Waals surface area (Å²) in [6, 6.07) is 13.2. The molecule has 1 aliphatic heterocycles. The SMILES string of the molecule is COc1cc(OC)c(/C(O)=C2\C(=O)C(=O)N(Cc3ccncc3)C2c2cccc(C)c2)cc1Cl. The number of aryl methyl sites for hydroxylation is 1. The molecule has 8 heteroatoms. The summed E-state index contributed by atoms with van der Waals surface area (Å²) in [5, 5.41) is 11.6. The third kappa shape index (κ3) is 4.22. The average Bonchev–Trinajstić information content (AvgIpc) is 3.09. The van der Waals surface area contributed by atoms with E-state index in [-0.39, 0.29) is 34.2 Å². The quantitative estimate of drug-likeness (QED) is 0.314. The van der Waals surface area contributed by atoms with E-state index in [0.29, 0.717) is 11.3 Å². The van der Waals surface area contributed by atoms with Gasteiger partial charge in [-0.3, -0.25) is 14.6 Å². The van der Waals surface area contributed by atoms with E-state index >= 15 is 0 Å². The average molecular weight is 479 g/mol. The fraction of sp³-hybridized carbons (Fsp3) is 0.192. The predicted molar refractivity (Wildman–Crippen MR) is 128 cm³/mol. The van der Waals surface area contributed by atoms with Gasteiger partial charge in [-0.05, 0) is 36.2 Å². The second kappa shape index (κ2) is 9.57. The standard InChI is InChI=1S/C26H23ClN2O5/c1-15-5-4-6-17(11-15)23-22(24(30)18-12-19(27)21(34-3)13-20(18)33-2)25(31)26(32)29(23)14-16-7-9-28-10-8-16/h4-13,23,30H,14H2,1-3H3/b24-22+. The largest absolute Gasteiger partial charge is 0.507 e. The van der Waals surface area contributed by atoms with Gasteiger partial charge in [-0.1, -0.05) is 41.4 Å². The molecule has 1 unspecified atom stereocenters. The number of rotatable bonds is 6. The van der Waals surface area contributed by atoms with Crippen molar-refractivity contribution in [3.63, 3.8) is 0 Å². The zero-order valence-electron chi connectivity index (χ0n) is 18.9. The highest BCUT2D eigenvalue weighted by molar-refractivity contribution is 6.46. The number of pyridine rings is 1. The summed E-state index contributed by atoms with van der Waals surface area (Å²) in [5.74, 6) is -1.26. The first-order valence-corrected chi connectivity index (χ1v) is 10.9. The van der Waals surface area contributed by atoms with E-state index in [0.717, 1.165) is 11.1 Å². The summed E-state index contributed by atoms with van der Waals surface area (Å²) in [4.78, 5) is 31.9. The topological polar surface area (TPSA) is 89.0 Å². The van der Waals surface area contributed by atoms with Crippen LogP contribution < -0.4 is 9.47 Å². The summed E-state index contributed by atoms with van der Waals surface area (Å²) in [6.45, 7) is 2.09. The third-order valence-electron chi connectivity index (χ3n) is 5.73. The number of halogens is 1. The number of aliphatic hydroxyl groups is 1. The first-order chi connectivity index (χ1) is 16.3. The van der Waals surface area contributed by atoms with Crippen LogP contribution in [0.15, 0.2) is 66.5 Å². The molecule has 34 heavy (non-hydrogen) atoms. The molecule has 1 fully saturated rings. The molecule has 2 heterocycles. The van der Waals surface area contributed by atoms with E-state index in [2.05, 4.69) is 4.98 Å². The van der Waals surface area contributed by atoms with Crippen molar-refractivity contribution in [2.75, 3.05) is 14.2 Å². The third-order valence-corrected chi connectivity index (χ3v) is 6.02. The molecule has 1 saturated heterocycles. The van der Waals surface area contributed by atoms with Gasteiger partial charge < -0.3 is 19.5 Å². The molecule has 0 bridgehead atoms. The van der Waals surface area contributed by atoms with Gasteiger partial charge in [0.05, 0.1) is 36.4 Å². The maximum atomic E-state index is 13.3. The molecule has 1 N–H and O–H groups in total. The Hall–Kier alpha value is -3.84.